The second-order valence-electron chi connectivity index (χ2n) is 6.19. The highest BCUT2D eigenvalue weighted by Gasteiger charge is 2.23. The Balaban J connectivity index is 2.06. The summed E-state index contributed by atoms with van der Waals surface area (Å²) in [7, 11) is 0. The van der Waals surface area contributed by atoms with E-state index in [1.165, 1.54) is 44.6 Å². The lowest BCUT2D eigenvalue weighted by molar-refractivity contribution is 0.316. The smallest absolute Gasteiger partial charge is 0.142 e. The molecule has 2 rings (SSSR count). The maximum atomic E-state index is 13.6. The van der Waals surface area contributed by atoms with Crippen LogP contribution in [0, 0.1) is 11.7 Å². The second-order valence-corrected chi connectivity index (χ2v) is 6.97. The Labute approximate surface area is 137 Å². The van der Waals surface area contributed by atoms with Crippen LogP contribution in [0.1, 0.15) is 64.0 Å². The Hall–Kier alpha value is -0.310. The number of halogens is 3. The molecule has 118 valence electrons. The average Bonchev–Trinajstić information content (AvgIpc) is 2.72. The molecule has 2 atom stereocenters. The van der Waals surface area contributed by atoms with Crippen LogP contribution in [0.3, 0.4) is 0 Å². The van der Waals surface area contributed by atoms with E-state index in [0.717, 1.165) is 0 Å². The summed E-state index contributed by atoms with van der Waals surface area (Å²) in [5.74, 6) is 0.271. The van der Waals surface area contributed by atoms with Crippen molar-refractivity contribution < 1.29 is 4.39 Å². The molecule has 0 aliphatic heterocycles. The average molecular weight is 332 g/mol. The summed E-state index contributed by atoms with van der Waals surface area (Å²) in [5.41, 5.74) is 0.666. The van der Waals surface area contributed by atoms with Crippen LogP contribution in [0.2, 0.25) is 10.0 Å². The van der Waals surface area contributed by atoms with Crippen molar-refractivity contribution in [2.45, 2.75) is 64.5 Å². The first-order valence-corrected chi connectivity index (χ1v) is 8.65. The van der Waals surface area contributed by atoms with Crippen molar-refractivity contribution in [2.24, 2.45) is 5.92 Å². The van der Waals surface area contributed by atoms with Gasteiger partial charge in [-0.25, -0.2) is 4.39 Å². The number of hydrogen-bond donors (Lipinski definition) is 1. The highest BCUT2D eigenvalue weighted by atomic mass is 35.5. The van der Waals surface area contributed by atoms with E-state index < -0.39 is 5.82 Å². The fourth-order valence-corrected chi connectivity index (χ4v) is 4.06. The van der Waals surface area contributed by atoms with Gasteiger partial charge in [-0.3, -0.25) is 0 Å². The van der Waals surface area contributed by atoms with E-state index in [0.29, 0.717) is 22.5 Å². The molecular weight excluding hydrogens is 308 g/mol. The van der Waals surface area contributed by atoms with Gasteiger partial charge >= 0.3 is 0 Å². The lowest BCUT2D eigenvalue weighted by atomic mass is 9.92. The minimum absolute atomic E-state index is 0.0565. The lowest BCUT2D eigenvalue weighted by Crippen LogP contribution is -2.35. The molecule has 0 radical (unpaired) electrons. The summed E-state index contributed by atoms with van der Waals surface area (Å²) >= 11 is 12.3. The quantitative estimate of drug-likeness (QED) is 0.516. The first kappa shape index (κ1) is 17.1. The Morgan fingerprint density at radius 2 is 1.71 bits per heavy atom. The van der Waals surface area contributed by atoms with Gasteiger partial charge in [-0.1, -0.05) is 48.9 Å². The van der Waals surface area contributed by atoms with E-state index >= 15 is 0 Å². The molecule has 1 N–H and O–H groups in total. The zero-order chi connectivity index (χ0) is 15.4. The summed E-state index contributed by atoms with van der Waals surface area (Å²) in [6, 6.07) is 3.22. The molecule has 21 heavy (non-hydrogen) atoms. The van der Waals surface area contributed by atoms with Gasteiger partial charge in [0.1, 0.15) is 5.82 Å². The third-order valence-electron chi connectivity index (χ3n) is 4.63. The monoisotopic (exact) mass is 331 g/mol. The lowest BCUT2D eigenvalue weighted by Gasteiger charge is -2.28. The third kappa shape index (κ3) is 4.34. The van der Waals surface area contributed by atoms with Crippen molar-refractivity contribution in [1.82, 2.24) is 5.32 Å². The van der Waals surface area contributed by atoms with Crippen LogP contribution in [0.4, 0.5) is 4.39 Å². The molecule has 0 bridgehead atoms. The van der Waals surface area contributed by atoms with Gasteiger partial charge in [-0.2, -0.15) is 0 Å². The molecule has 1 aliphatic rings. The van der Waals surface area contributed by atoms with E-state index in [-0.39, 0.29) is 11.1 Å². The van der Waals surface area contributed by atoms with E-state index in [2.05, 4.69) is 12.2 Å². The Morgan fingerprint density at radius 1 is 1.10 bits per heavy atom. The molecule has 4 heteroatoms. The number of hydrogen-bond acceptors (Lipinski definition) is 1. The van der Waals surface area contributed by atoms with E-state index in [9.17, 15) is 4.39 Å². The Bertz CT molecular complexity index is 470. The summed E-state index contributed by atoms with van der Waals surface area (Å²) in [6.45, 7) is 4.22. The van der Waals surface area contributed by atoms with Crippen LogP contribution in [-0.4, -0.2) is 6.04 Å². The highest BCUT2D eigenvalue weighted by molar-refractivity contribution is 6.36. The Kier molecular flexibility index (Phi) is 6.34. The van der Waals surface area contributed by atoms with Gasteiger partial charge in [-0.15, -0.1) is 0 Å². The molecule has 0 amide bonds. The standard InChI is InChI=1S/C17H24Cl2FN/c1-11(13-7-5-3-4-6-8-13)21-12(2)16-14(18)9-10-15(20)17(16)19/h9-13,21H,3-8H2,1-2H3/t11-,12?/m0/s1. The van der Waals surface area contributed by atoms with Gasteiger partial charge in [0.25, 0.3) is 0 Å². The number of benzene rings is 1. The molecule has 1 aliphatic carbocycles. The van der Waals surface area contributed by atoms with E-state index in [4.69, 9.17) is 23.2 Å². The first-order chi connectivity index (χ1) is 10.0. The molecule has 1 saturated carbocycles. The summed E-state index contributed by atoms with van der Waals surface area (Å²) in [5, 5.41) is 4.22. The number of rotatable bonds is 4. The fraction of sp³-hybridized carbons (Fsp3) is 0.647. The van der Waals surface area contributed by atoms with E-state index in [1.807, 2.05) is 6.92 Å². The molecule has 0 heterocycles. The molecule has 1 fully saturated rings. The largest absolute Gasteiger partial charge is 0.307 e. The van der Waals surface area contributed by atoms with Crippen molar-refractivity contribution in [3.63, 3.8) is 0 Å². The summed E-state index contributed by atoms with van der Waals surface area (Å²) in [4.78, 5) is 0. The molecule has 0 spiro atoms. The van der Waals surface area contributed by atoms with E-state index in [1.54, 1.807) is 6.07 Å². The summed E-state index contributed by atoms with van der Waals surface area (Å²) < 4.78 is 13.6. The van der Waals surface area contributed by atoms with Crippen molar-refractivity contribution in [3.8, 4) is 0 Å². The zero-order valence-electron chi connectivity index (χ0n) is 12.8. The van der Waals surface area contributed by atoms with Gasteiger partial charge in [0.15, 0.2) is 0 Å². The van der Waals surface area contributed by atoms with Crippen molar-refractivity contribution in [1.29, 1.82) is 0 Å². The molecule has 0 saturated heterocycles. The van der Waals surface area contributed by atoms with Crippen LogP contribution in [0.5, 0.6) is 0 Å². The van der Waals surface area contributed by atoms with Gasteiger partial charge in [0.05, 0.1) is 5.02 Å². The molecule has 1 unspecified atom stereocenters. The van der Waals surface area contributed by atoms with Gasteiger partial charge in [0.2, 0.25) is 0 Å². The first-order valence-electron chi connectivity index (χ1n) is 7.90. The van der Waals surface area contributed by atoms with Crippen LogP contribution in [-0.2, 0) is 0 Å². The number of nitrogens with one attached hydrogen (secondary N) is 1. The zero-order valence-corrected chi connectivity index (χ0v) is 14.3. The topological polar surface area (TPSA) is 12.0 Å². The molecule has 1 nitrogen and oxygen atoms in total. The second kappa shape index (κ2) is 7.80. The molecular formula is C17H24Cl2FN. The molecule has 1 aromatic rings. The fourth-order valence-electron chi connectivity index (χ4n) is 3.36. The van der Waals surface area contributed by atoms with Gasteiger partial charge < -0.3 is 5.32 Å². The summed E-state index contributed by atoms with van der Waals surface area (Å²) in [6.07, 6.45) is 7.86. The van der Waals surface area contributed by atoms with Crippen molar-refractivity contribution in [3.05, 3.63) is 33.6 Å². The van der Waals surface area contributed by atoms with Crippen molar-refractivity contribution in [2.75, 3.05) is 0 Å². The molecule has 1 aromatic carbocycles. The highest BCUT2D eigenvalue weighted by Crippen LogP contribution is 2.33. The maximum Gasteiger partial charge on any atom is 0.142 e. The predicted octanol–water partition coefficient (Wildman–Crippen LogP) is 6.14. The van der Waals surface area contributed by atoms with Crippen LogP contribution >= 0.6 is 23.2 Å². The minimum atomic E-state index is -0.410. The predicted molar refractivity (Wildman–Crippen MR) is 88.6 cm³/mol. The molecule has 0 aromatic heterocycles. The van der Waals surface area contributed by atoms with Crippen molar-refractivity contribution >= 4 is 23.2 Å². The van der Waals surface area contributed by atoms with Crippen LogP contribution in [0.25, 0.3) is 0 Å². The SMILES string of the molecule is CC(N[C@@H](C)C1CCCCCC1)c1c(Cl)ccc(F)c1Cl. The minimum Gasteiger partial charge on any atom is -0.307 e. The maximum absolute atomic E-state index is 13.6. The Morgan fingerprint density at radius 3 is 2.33 bits per heavy atom. The third-order valence-corrected chi connectivity index (χ3v) is 5.35. The normalized spacial score (nSPS) is 20.0. The van der Waals surface area contributed by atoms with Gasteiger partial charge in [-0.05, 0) is 44.7 Å². The van der Waals surface area contributed by atoms with Crippen LogP contribution < -0.4 is 5.32 Å². The van der Waals surface area contributed by atoms with Gasteiger partial charge in [0, 0.05) is 22.7 Å². The van der Waals surface area contributed by atoms with Crippen LogP contribution in [0.15, 0.2) is 12.1 Å².